The molecule has 0 amide bonds. The van der Waals surface area contributed by atoms with Crippen LogP contribution in [0.25, 0.3) is 32.9 Å². The van der Waals surface area contributed by atoms with Gasteiger partial charge in [0.05, 0.1) is 17.0 Å². The first kappa shape index (κ1) is 55.9. The molecule has 4 aliphatic rings. The van der Waals surface area contributed by atoms with Crippen molar-refractivity contribution in [1.82, 2.24) is 0 Å². The molecular weight excluding hydrogens is 1180 g/mol. The number of hydrogen-bond donors (Lipinski definition) is 0. The van der Waals surface area contributed by atoms with Gasteiger partial charge in [0, 0.05) is 113 Å². The van der Waals surface area contributed by atoms with Crippen molar-refractivity contribution in [2.75, 3.05) is 29.4 Å². The fourth-order valence-corrected chi connectivity index (χ4v) is 15.9. The molecule has 19 rings (SSSR count). The molecular formula is C87H60B2N6O2. The number of rotatable bonds is 12. The third-order valence-electron chi connectivity index (χ3n) is 19.8. The predicted molar refractivity (Wildman–Crippen MR) is 408 cm³/mol. The largest absolute Gasteiger partial charge is 0.468 e. The summed E-state index contributed by atoms with van der Waals surface area (Å²) in [7, 11) is 0. The second-order valence-corrected chi connectivity index (χ2v) is 25.2. The van der Waals surface area contributed by atoms with Gasteiger partial charge in [-0.05, 0) is 180 Å². The quantitative estimate of drug-likeness (QED) is 0.0886. The first-order valence-electron chi connectivity index (χ1n) is 33.2. The molecule has 0 bridgehead atoms. The normalized spacial score (nSPS) is 13.4. The van der Waals surface area contributed by atoms with E-state index in [1.165, 1.54) is 16.4 Å². The van der Waals surface area contributed by atoms with Crippen LogP contribution < -0.4 is 62.4 Å². The minimum Gasteiger partial charge on any atom is -0.468 e. The maximum atomic E-state index is 7.58. The number of allylic oxidation sites excluding steroid dienone is 5. The van der Waals surface area contributed by atoms with E-state index in [-0.39, 0.29) is 6.71 Å². The van der Waals surface area contributed by atoms with E-state index in [2.05, 4.69) is 364 Å². The van der Waals surface area contributed by atoms with Crippen molar-refractivity contribution in [3.63, 3.8) is 0 Å². The Morgan fingerprint density at radius 3 is 1.27 bits per heavy atom. The Hall–Kier alpha value is -12.7. The Morgan fingerprint density at radius 2 is 0.742 bits per heavy atom. The molecule has 0 saturated heterocycles. The number of nitrogens with zero attached hydrogens (tertiary/aromatic N) is 6. The number of benzene rings is 13. The lowest BCUT2D eigenvalue weighted by Gasteiger charge is -2.47. The Labute approximate surface area is 563 Å². The maximum Gasteiger partial charge on any atom is 0.297 e. The molecule has 0 aliphatic carbocycles. The van der Waals surface area contributed by atoms with E-state index >= 15 is 0 Å². The molecule has 0 saturated carbocycles. The van der Waals surface area contributed by atoms with Crippen LogP contribution in [0.15, 0.2) is 355 Å². The van der Waals surface area contributed by atoms with Gasteiger partial charge in [-0.25, -0.2) is 0 Å². The molecule has 10 heteroatoms. The van der Waals surface area contributed by atoms with Gasteiger partial charge in [0.25, 0.3) is 13.4 Å². The van der Waals surface area contributed by atoms with E-state index in [0.717, 1.165) is 152 Å². The van der Waals surface area contributed by atoms with Gasteiger partial charge in [0.2, 0.25) is 0 Å². The van der Waals surface area contributed by atoms with Crippen molar-refractivity contribution in [3.8, 4) is 0 Å². The van der Waals surface area contributed by atoms with Gasteiger partial charge in [-0.15, -0.1) is 0 Å². The second kappa shape index (κ2) is 22.5. The monoisotopic (exact) mass is 1240 g/mol. The van der Waals surface area contributed by atoms with Crippen LogP contribution >= 0.6 is 0 Å². The fourth-order valence-electron chi connectivity index (χ4n) is 15.9. The Balaban J connectivity index is 0.966. The molecule has 456 valence electrons. The van der Waals surface area contributed by atoms with Crippen molar-refractivity contribution >= 4 is 176 Å². The molecule has 13 aromatic carbocycles. The van der Waals surface area contributed by atoms with Crippen molar-refractivity contribution < 1.29 is 8.83 Å². The molecule has 2 aromatic heterocycles. The van der Waals surface area contributed by atoms with Crippen LogP contribution in [0.3, 0.4) is 0 Å². The lowest BCUT2D eigenvalue weighted by atomic mass is 9.31. The van der Waals surface area contributed by atoms with E-state index < -0.39 is 6.71 Å². The SMILES string of the molecule is C=C/C=C\C=C(/C)N(c1ccccc1)c1cc2c3c(c1)N(c1ccccc1)c1cc4oc5ccccc5c4cc1B3c1cc3c(cc1N2c1ccccc1)B1c2oc4ccccc4c2N(c2ccccc2)c2cc(N(c4ccccc4)c4ccccc4)cc(c21)N3c1ccccc1. The lowest BCUT2D eigenvalue weighted by Crippen LogP contribution is -2.64. The van der Waals surface area contributed by atoms with Gasteiger partial charge in [-0.1, -0.05) is 189 Å². The minimum atomic E-state index is -0.390. The molecule has 15 aromatic rings. The van der Waals surface area contributed by atoms with Gasteiger partial charge in [-0.3, -0.25) is 0 Å². The van der Waals surface area contributed by atoms with Crippen molar-refractivity contribution in [2.45, 2.75) is 6.92 Å². The topological polar surface area (TPSA) is 45.7 Å². The molecule has 97 heavy (non-hydrogen) atoms. The molecule has 0 atom stereocenters. The number of anilines is 17. The van der Waals surface area contributed by atoms with Gasteiger partial charge in [0.1, 0.15) is 16.7 Å². The average molecular weight is 1240 g/mol. The zero-order chi connectivity index (χ0) is 64.2. The Kier molecular flexibility index (Phi) is 13.0. The highest BCUT2D eigenvalue weighted by Crippen LogP contribution is 2.53. The summed E-state index contributed by atoms with van der Waals surface area (Å²) in [5.74, 6) is 0. The van der Waals surface area contributed by atoms with Gasteiger partial charge in [-0.2, -0.15) is 0 Å². The van der Waals surface area contributed by atoms with Crippen LogP contribution in [-0.4, -0.2) is 13.4 Å². The molecule has 0 unspecified atom stereocenters. The summed E-state index contributed by atoms with van der Waals surface area (Å²) < 4.78 is 14.5. The number of fused-ring (bicyclic) bond motifs is 13. The van der Waals surface area contributed by atoms with Crippen molar-refractivity contribution in [3.05, 3.63) is 346 Å². The first-order valence-corrected chi connectivity index (χ1v) is 33.2. The van der Waals surface area contributed by atoms with Gasteiger partial charge in [0.15, 0.2) is 0 Å². The molecule has 0 N–H and O–H groups in total. The Morgan fingerprint density at radius 1 is 0.340 bits per heavy atom. The molecule has 0 spiro atoms. The summed E-state index contributed by atoms with van der Waals surface area (Å²) in [6.07, 6.45) is 8.05. The molecule has 8 nitrogen and oxygen atoms in total. The van der Waals surface area contributed by atoms with Crippen LogP contribution in [0.2, 0.25) is 0 Å². The molecule has 0 radical (unpaired) electrons. The molecule has 4 aliphatic heterocycles. The summed E-state index contributed by atoms with van der Waals surface area (Å²) in [5, 5.41) is 3.19. The van der Waals surface area contributed by atoms with E-state index in [9.17, 15) is 0 Å². The van der Waals surface area contributed by atoms with Crippen molar-refractivity contribution in [1.29, 1.82) is 0 Å². The van der Waals surface area contributed by atoms with E-state index in [1.54, 1.807) is 0 Å². The standard InChI is InChI=1S/C87H60B2N6O2/c1-3-4-12-31-58(2)90(59-32-13-5-14-33-59)66-50-77-84-78(51-66)94(64-42-23-10-24-43-64)76-57-83-70(68-46-27-29-48-81(68)96-83)54-71(76)88(84)72-55-75-73(56-74(72)92(77)62-38-19-8-20-39-62)89-85-79(93(75)63-40-21-9-22-41-63)52-67(91(60-34-15-6-16-35-60)61-36-17-7-18-37-61)53-80(85)95(65-44-25-11-26-45-65)86-69-47-28-30-49-82(69)97-87(86)89/h3-57H,1H2,2H3/b12-4-,58-31+. The number of furan rings is 2. The second-order valence-electron chi connectivity index (χ2n) is 25.2. The third-order valence-corrected chi connectivity index (χ3v) is 19.8. The van der Waals surface area contributed by atoms with Crippen LogP contribution in [0.1, 0.15) is 6.92 Å². The Bertz CT molecular complexity index is 5630. The predicted octanol–water partition coefficient (Wildman–Crippen LogP) is 19.8. The summed E-state index contributed by atoms with van der Waals surface area (Å²) in [6, 6.07) is 113. The third kappa shape index (κ3) is 8.80. The zero-order valence-electron chi connectivity index (χ0n) is 53.1. The van der Waals surface area contributed by atoms with Crippen LogP contribution in [0, 0.1) is 0 Å². The van der Waals surface area contributed by atoms with E-state index in [4.69, 9.17) is 8.83 Å². The molecule has 6 heterocycles. The van der Waals surface area contributed by atoms with Crippen LogP contribution in [0.5, 0.6) is 0 Å². The lowest BCUT2D eigenvalue weighted by molar-refractivity contribution is 0.651. The van der Waals surface area contributed by atoms with E-state index in [1.807, 2.05) is 12.2 Å². The van der Waals surface area contributed by atoms with Gasteiger partial charge < -0.3 is 38.2 Å². The highest BCUT2D eigenvalue weighted by atomic mass is 16.3. The fraction of sp³-hybridized carbons (Fsp3) is 0.0115. The maximum absolute atomic E-state index is 7.58. The number of para-hydroxylation sites is 9. The van der Waals surface area contributed by atoms with Gasteiger partial charge >= 0.3 is 0 Å². The zero-order valence-corrected chi connectivity index (χ0v) is 53.1. The highest BCUT2D eigenvalue weighted by Gasteiger charge is 2.51. The first-order chi connectivity index (χ1) is 48.0. The summed E-state index contributed by atoms with van der Waals surface area (Å²) in [4.78, 5) is 14.8. The van der Waals surface area contributed by atoms with Crippen LogP contribution in [-0.2, 0) is 0 Å². The summed E-state index contributed by atoms with van der Waals surface area (Å²) in [5.41, 5.74) is 28.0. The smallest absolute Gasteiger partial charge is 0.297 e. The summed E-state index contributed by atoms with van der Waals surface area (Å²) >= 11 is 0. The van der Waals surface area contributed by atoms with E-state index in [0.29, 0.717) is 0 Å². The average Bonchev–Trinajstić information content (AvgIpc) is 1.58. The molecule has 0 fully saturated rings. The minimum absolute atomic E-state index is 0.307. The highest BCUT2D eigenvalue weighted by molar-refractivity contribution is 7.02. The van der Waals surface area contributed by atoms with Crippen LogP contribution in [0.4, 0.5) is 96.7 Å². The summed E-state index contributed by atoms with van der Waals surface area (Å²) in [6.45, 7) is 5.52. The number of hydrogen-bond acceptors (Lipinski definition) is 8. The van der Waals surface area contributed by atoms with Crippen molar-refractivity contribution in [2.24, 2.45) is 0 Å².